The smallest absolute Gasteiger partial charge is 0.295 e. The molecule has 1 unspecified atom stereocenters. The number of hydrogen-bond acceptors (Lipinski definition) is 3. The van der Waals surface area contributed by atoms with Gasteiger partial charge in [0.15, 0.2) is 5.78 Å². The molecule has 1 aromatic carbocycles. The fourth-order valence-corrected chi connectivity index (χ4v) is 1.79. The van der Waals surface area contributed by atoms with Crippen molar-refractivity contribution < 1.29 is 13.9 Å². The number of aryl methyl sites for hydroxylation is 1. The molecule has 1 aromatic rings. The summed E-state index contributed by atoms with van der Waals surface area (Å²) in [7, 11) is -0.447. The van der Waals surface area contributed by atoms with Crippen molar-refractivity contribution in [2.45, 2.75) is 12.8 Å². The fourth-order valence-electron chi connectivity index (χ4n) is 1.22. The molecule has 0 N–H and O–H groups in total. The highest BCUT2D eigenvalue weighted by atomic mass is 31.1. The Morgan fingerprint density at radius 2 is 2.00 bits per heavy atom. The first-order valence-electron chi connectivity index (χ1n) is 4.77. The zero-order chi connectivity index (χ0) is 11.1. The zero-order valence-electron chi connectivity index (χ0n) is 8.68. The first kappa shape index (κ1) is 12.0. The monoisotopic (exact) mass is 225 g/mol. The van der Waals surface area contributed by atoms with Gasteiger partial charge in [-0.1, -0.05) is 30.3 Å². The lowest BCUT2D eigenvalue weighted by Gasteiger charge is -1.97. The summed E-state index contributed by atoms with van der Waals surface area (Å²) in [5, 5.41) is 0. The Morgan fingerprint density at radius 3 is 2.60 bits per heavy atom. The summed E-state index contributed by atoms with van der Waals surface area (Å²) in [4.78, 5) is 11.3. The highest BCUT2D eigenvalue weighted by molar-refractivity contribution is 7.40. The quantitative estimate of drug-likeness (QED) is 0.699. The van der Waals surface area contributed by atoms with E-state index in [4.69, 9.17) is 0 Å². The van der Waals surface area contributed by atoms with Crippen LogP contribution in [0.3, 0.4) is 0 Å². The summed E-state index contributed by atoms with van der Waals surface area (Å²) < 4.78 is 15.5. The minimum Gasteiger partial charge on any atom is -0.295 e. The SMILES string of the molecule is CO[P+](=O)CC(=O)CCc1ccccc1. The van der Waals surface area contributed by atoms with E-state index in [1.165, 1.54) is 7.11 Å². The van der Waals surface area contributed by atoms with Gasteiger partial charge in [-0.2, -0.15) is 0 Å². The number of Topliss-reactive ketones (excluding diaryl/α,β-unsaturated/α-hetero) is 1. The Bertz CT molecular complexity index is 335. The fraction of sp³-hybridized carbons (Fsp3) is 0.364. The molecule has 3 nitrogen and oxygen atoms in total. The Kier molecular flexibility index (Phi) is 5.16. The Labute approximate surface area is 90.3 Å². The van der Waals surface area contributed by atoms with Gasteiger partial charge in [-0.15, -0.1) is 4.52 Å². The van der Waals surface area contributed by atoms with Gasteiger partial charge in [0.2, 0.25) is 6.16 Å². The molecule has 15 heavy (non-hydrogen) atoms. The van der Waals surface area contributed by atoms with Crippen molar-refractivity contribution in [3.8, 4) is 0 Å². The molecule has 0 spiro atoms. The van der Waals surface area contributed by atoms with Crippen LogP contribution < -0.4 is 0 Å². The lowest BCUT2D eigenvalue weighted by atomic mass is 10.1. The van der Waals surface area contributed by atoms with Crippen LogP contribution in [0.25, 0.3) is 0 Å². The van der Waals surface area contributed by atoms with E-state index in [9.17, 15) is 9.36 Å². The van der Waals surface area contributed by atoms with E-state index in [2.05, 4.69) is 4.52 Å². The minimum absolute atomic E-state index is 0.0122. The Morgan fingerprint density at radius 1 is 1.33 bits per heavy atom. The van der Waals surface area contributed by atoms with Crippen LogP contribution in [0.2, 0.25) is 0 Å². The van der Waals surface area contributed by atoms with E-state index in [1.807, 2.05) is 30.3 Å². The summed E-state index contributed by atoms with van der Waals surface area (Å²) in [5.41, 5.74) is 1.12. The second-order valence-electron chi connectivity index (χ2n) is 3.20. The van der Waals surface area contributed by atoms with Crippen LogP contribution in [-0.2, 0) is 20.3 Å². The number of ketones is 1. The largest absolute Gasteiger partial charge is 0.515 e. The van der Waals surface area contributed by atoms with Gasteiger partial charge in [-0.25, -0.2) is 0 Å². The van der Waals surface area contributed by atoms with Crippen LogP contribution in [-0.4, -0.2) is 19.1 Å². The highest BCUT2D eigenvalue weighted by Gasteiger charge is 2.20. The van der Waals surface area contributed by atoms with E-state index in [1.54, 1.807) is 0 Å². The molecule has 0 aliphatic heterocycles. The molecule has 0 amide bonds. The van der Waals surface area contributed by atoms with E-state index in [-0.39, 0.29) is 11.9 Å². The van der Waals surface area contributed by atoms with E-state index in [0.29, 0.717) is 12.8 Å². The molecule has 0 saturated carbocycles. The number of benzene rings is 1. The summed E-state index contributed by atoms with van der Waals surface area (Å²) in [6.45, 7) is 0. The van der Waals surface area contributed by atoms with Crippen molar-refractivity contribution in [1.29, 1.82) is 0 Å². The summed E-state index contributed by atoms with van der Waals surface area (Å²) in [5.74, 6) is -0.0122. The molecule has 0 aliphatic carbocycles. The third-order valence-corrected chi connectivity index (χ3v) is 3.06. The predicted octanol–water partition coefficient (Wildman–Crippen LogP) is 2.58. The third kappa shape index (κ3) is 4.82. The summed E-state index contributed by atoms with van der Waals surface area (Å²) in [6.07, 6.45) is 1.15. The standard InChI is InChI=1S/C11H14O3P/c1-14-15(13)9-11(12)8-7-10-5-3-2-4-6-10/h2-6H,7-9H2,1H3/q+1. The molecule has 80 valence electrons. The van der Waals surface area contributed by atoms with Gasteiger partial charge in [-0.05, 0) is 16.5 Å². The molecule has 0 bridgehead atoms. The van der Waals surface area contributed by atoms with Crippen molar-refractivity contribution in [1.82, 2.24) is 0 Å². The van der Waals surface area contributed by atoms with Gasteiger partial charge in [0.25, 0.3) is 0 Å². The number of hydrogen-bond donors (Lipinski definition) is 0. The average molecular weight is 225 g/mol. The van der Waals surface area contributed by atoms with Crippen LogP contribution in [0.4, 0.5) is 0 Å². The van der Waals surface area contributed by atoms with Crippen molar-refractivity contribution in [3.63, 3.8) is 0 Å². The van der Waals surface area contributed by atoms with Crippen LogP contribution in [0.1, 0.15) is 12.0 Å². The maximum absolute atomic E-state index is 11.3. The first-order chi connectivity index (χ1) is 7.22. The van der Waals surface area contributed by atoms with Crippen LogP contribution in [0.15, 0.2) is 30.3 Å². The number of rotatable bonds is 6. The van der Waals surface area contributed by atoms with Crippen molar-refractivity contribution in [2.75, 3.05) is 13.3 Å². The van der Waals surface area contributed by atoms with E-state index >= 15 is 0 Å². The molecule has 1 atom stereocenters. The lowest BCUT2D eigenvalue weighted by Crippen LogP contribution is -2.03. The number of carbonyl (C=O) groups is 1. The second-order valence-corrected chi connectivity index (χ2v) is 4.54. The van der Waals surface area contributed by atoms with Crippen LogP contribution in [0, 0.1) is 0 Å². The predicted molar refractivity (Wildman–Crippen MR) is 59.3 cm³/mol. The highest BCUT2D eigenvalue weighted by Crippen LogP contribution is 2.20. The molecular formula is C11H14O3P+. The van der Waals surface area contributed by atoms with E-state index in [0.717, 1.165) is 5.56 Å². The Balaban J connectivity index is 2.32. The molecule has 0 aliphatic rings. The summed E-state index contributed by atoms with van der Waals surface area (Å²) >= 11 is 0. The normalized spacial score (nSPS) is 11.1. The average Bonchev–Trinajstić information content (AvgIpc) is 2.27. The molecule has 4 heteroatoms. The van der Waals surface area contributed by atoms with Crippen molar-refractivity contribution >= 4 is 13.8 Å². The molecule has 1 rings (SSSR count). The molecule has 0 fully saturated rings. The van der Waals surface area contributed by atoms with Crippen molar-refractivity contribution in [2.24, 2.45) is 0 Å². The van der Waals surface area contributed by atoms with E-state index < -0.39 is 8.03 Å². The molecular weight excluding hydrogens is 211 g/mol. The number of carbonyl (C=O) groups excluding carboxylic acids is 1. The Hall–Kier alpha value is -1.05. The second kappa shape index (κ2) is 6.44. The van der Waals surface area contributed by atoms with Gasteiger partial charge >= 0.3 is 8.03 Å². The first-order valence-corrected chi connectivity index (χ1v) is 6.13. The maximum Gasteiger partial charge on any atom is 0.515 e. The molecule has 0 aromatic heterocycles. The van der Waals surface area contributed by atoms with Gasteiger partial charge in [0.1, 0.15) is 0 Å². The summed E-state index contributed by atoms with van der Waals surface area (Å²) in [6, 6.07) is 9.77. The molecule has 0 saturated heterocycles. The van der Waals surface area contributed by atoms with Crippen LogP contribution >= 0.6 is 8.03 Å². The van der Waals surface area contributed by atoms with Gasteiger partial charge in [-0.3, -0.25) is 4.79 Å². The molecule has 0 heterocycles. The maximum atomic E-state index is 11.3. The van der Waals surface area contributed by atoms with Gasteiger partial charge < -0.3 is 0 Å². The zero-order valence-corrected chi connectivity index (χ0v) is 9.57. The van der Waals surface area contributed by atoms with Crippen molar-refractivity contribution in [3.05, 3.63) is 35.9 Å². The minimum atomic E-state index is -1.80. The van der Waals surface area contributed by atoms with Gasteiger partial charge in [0.05, 0.1) is 7.11 Å². The molecule has 0 radical (unpaired) electrons. The van der Waals surface area contributed by atoms with Crippen LogP contribution in [0.5, 0.6) is 0 Å². The van der Waals surface area contributed by atoms with Gasteiger partial charge in [0, 0.05) is 6.42 Å². The lowest BCUT2D eigenvalue weighted by molar-refractivity contribution is -0.116. The third-order valence-electron chi connectivity index (χ3n) is 2.04. The topological polar surface area (TPSA) is 43.4 Å².